The quantitative estimate of drug-likeness (QED) is 0.850. The smallest absolute Gasteiger partial charge is 0.317 e. The van der Waals surface area contributed by atoms with E-state index in [1.54, 1.807) is 11.3 Å². The van der Waals surface area contributed by atoms with Crippen LogP contribution in [0.25, 0.3) is 10.6 Å². The van der Waals surface area contributed by atoms with Crippen molar-refractivity contribution in [2.24, 2.45) is 0 Å². The van der Waals surface area contributed by atoms with Gasteiger partial charge in [0.15, 0.2) is 5.76 Å². The molecule has 0 fully saturated rings. The summed E-state index contributed by atoms with van der Waals surface area (Å²) in [5.41, 5.74) is 0.759. The number of carboxylic acids is 1. The van der Waals surface area contributed by atoms with Gasteiger partial charge in [-0.25, -0.2) is 0 Å². The fraction of sp³-hybridized carbons (Fsp3) is 0.429. The lowest BCUT2D eigenvalue weighted by Crippen LogP contribution is -2.36. The molecule has 0 amide bonds. The molecule has 2 aromatic rings. The normalized spacial score (nSPS) is 12.8. The second-order valence-electron chi connectivity index (χ2n) is 4.72. The zero-order chi connectivity index (χ0) is 14.5. The summed E-state index contributed by atoms with van der Waals surface area (Å²) >= 11 is 1.59. The van der Waals surface area contributed by atoms with Crippen molar-refractivity contribution < 1.29 is 14.4 Å². The second-order valence-corrected chi connectivity index (χ2v) is 5.66. The molecule has 5 nitrogen and oxygen atoms in total. The van der Waals surface area contributed by atoms with E-state index in [2.05, 4.69) is 5.16 Å². The van der Waals surface area contributed by atoms with Crippen molar-refractivity contribution in [2.75, 3.05) is 6.54 Å². The molecule has 20 heavy (non-hydrogen) atoms. The van der Waals surface area contributed by atoms with Crippen molar-refractivity contribution in [3.63, 3.8) is 0 Å². The van der Waals surface area contributed by atoms with Gasteiger partial charge >= 0.3 is 5.97 Å². The molecule has 2 rings (SSSR count). The largest absolute Gasteiger partial charge is 0.480 e. The van der Waals surface area contributed by atoms with Gasteiger partial charge in [-0.15, -0.1) is 11.3 Å². The molecule has 6 heteroatoms. The minimum atomic E-state index is -0.827. The SMILES string of the molecule is CCC(C)N(CC(=O)O)Cc1cc(-c2cccs2)on1. The van der Waals surface area contributed by atoms with Crippen LogP contribution in [0, 0.1) is 0 Å². The predicted octanol–water partition coefficient (Wildman–Crippen LogP) is 3.09. The molecule has 108 valence electrons. The van der Waals surface area contributed by atoms with Crippen molar-refractivity contribution in [3.05, 3.63) is 29.3 Å². The van der Waals surface area contributed by atoms with Crippen molar-refractivity contribution in [1.29, 1.82) is 0 Å². The lowest BCUT2D eigenvalue weighted by Gasteiger charge is -2.25. The van der Waals surface area contributed by atoms with Gasteiger partial charge in [0.2, 0.25) is 0 Å². The van der Waals surface area contributed by atoms with E-state index >= 15 is 0 Å². The first kappa shape index (κ1) is 14.7. The zero-order valence-corrected chi connectivity index (χ0v) is 12.4. The fourth-order valence-corrected chi connectivity index (χ4v) is 2.60. The number of hydrogen-bond acceptors (Lipinski definition) is 5. The minimum absolute atomic E-state index is 0.0101. The summed E-state index contributed by atoms with van der Waals surface area (Å²) in [6.07, 6.45) is 0.892. The van der Waals surface area contributed by atoms with Crippen LogP contribution in [0.15, 0.2) is 28.1 Å². The minimum Gasteiger partial charge on any atom is -0.480 e. The number of aliphatic carboxylic acids is 1. The van der Waals surface area contributed by atoms with Gasteiger partial charge in [0.1, 0.15) is 0 Å². The van der Waals surface area contributed by atoms with Gasteiger partial charge in [0.25, 0.3) is 0 Å². The maximum absolute atomic E-state index is 10.9. The Labute approximate surface area is 121 Å². The molecular weight excluding hydrogens is 276 g/mol. The molecule has 0 bridgehead atoms. The zero-order valence-electron chi connectivity index (χ0n) is 11.6. The van der Waals surface area contributed by atoms with Crippen molar-refractivity contribution in [1.82, 2.24) is 10.1 Å². The number of hydrogen-bond donors (Lipinski definition) is 1. The summed E-state index contributed by atoms with van der Waals surface area (Å²) in [6.45, 7) is 4.55. The number of aromatic nitrogens is 1. The van der Waals surface area contributed by atoms with Crippen LogP contribution in [0.5, 0.6) is 0 Å². The van der Waals surface area contributed by atoms with Gasteiger partial charge < -0.3 is 9.63 Å². The Balaban J connectivity index is 2.08. The van der Waals surface area contributed by atoms with Gasteiger partial charge in [0, 0.05) is 18.7 Å². The number of nitrogens with zero attached hydrogens (tertiary/aromatic N) is 2. The van der Waals surface area contributed by atoms with E-state index in [9.17, 15) is 4.79 Å². The van der Waals surface area contributed by atoms with Crippen molar-refractivity contribution in [2.45, 2.75) is 32.9 Å². The third-order valence-corrected chi connectivity index (χ3v) is 4.13. The molecule has 0 aromatic carbocycles. The van der Waals surface area contributed by atoms with Crippen LogP contribution in [0.4, 0.5) is 0 Å². The highest BCUT2D eigenvalue weighted by Gasteiger charge is 2.18. The third kappa shape index (κ3) is 3.68. The fourth-order valence-electron chi connectivity index (χ4n) is 1.93. The Morgan fingerprint density at radius 2 is 2.40 bits per heavy atom. The topological polar surface area (TPSA) is 66.6 Å². The Morgan fingerprint density at radius 3 is 3.00 bits per heavy atom. The molecule has 0 saturated carbocycles. The summed E-state index contributed by atoms with van der Waals surface area (Å²) in [6, 6.07) is 5.99. The number of thiophene rings is 1. The predicted molar refractivity (Wildman–Crippen MR) is 77.6 cm³/mol. The van der Waals surface area contributed by atoms with Gasteiger partial charge in [-0.1, -0.05) is 18.1 Å². The van der Waals surface area contributed by atoms with E-state index in [0.717, 1.165) is 22.8 Å². The van der Waals surface area contributed by atoms with Crippen molar-refractivity contribution >= 4 is 17.3 Å². The Kier molecular flexibility index (Phi) is 4.92. The van der Waals surface area contributed by atoms with Crippen LogP contribution in [-0.2, 0) is 11.3 Å². The van der Waals surface area contributed by atoms with E-state index in [-0.39, 0.29) is 12.6 Å². The first-order valence-electron chi connectivity index (χ1n) is 6.55. The molecule has 2 aromatic heterocycles. The third-order valence-electron chi connectivity index (χ3n) is 3.24. The van der Waals surface area contributed by atoms with Crippen LogP contribution in [0.3, 0.4) is 0 Å². The summed E-state index contributed by atoms with van der Waals surface area (Å²) in [4.78, 5) is 13.8. The monoisotopic (exact) mass is 294 g/mol. The van der Waals surface area contributed by atoms with E-state index in [0.29, 0.717) is 6.54 Å². The molecule has 1 unspecified atom stereocenters. The maximum atomic E-state index is 10.9. The highest BCUT2D eigenvalue weighted by Crippen LogP contribution is 2.25. The van der Waals surface area contributed by atoms with E-state index in [1.165, 1.54) is 0 Å². The maximum Gasteiger partial charge on any atom is 0.317 e. The van der Waals surface area contributed by atoms with Crippen molar-refractivity contribution in [3.8, 4) is 10.6 Å². The van der Waals surface area contributed by atoms with Crippen LogP contribution in [0.2, 0.25) is 0 Å². The lowest BCUT2D eigenvalue weighted by molar-refractivity contribution is -0.139. The summed E-state index contributed by atoms with van der Waals surface area (Å²) in [7, 11) is 0. The van der Waals surface area contributed by atoms with Crippen LogP contribution in [-0.4, -0.2) is 33.7 Å². The Bertz CT molecular complexity index is 551. The number of carbonyl (C=O) groups is 1. The molecule has 0 aliphatic carbocycles. The van der Waals surface area contributed by atoms with Gasteiger partial charge in [-0.05, 0) is 24.8 Å². The average Bonchev–Trinajstić information content (AvgIpc) is 3.06. The summed E-state index contributed by atoms with van der Waals surface area (Å²) in [5, 5.41) is 15.0. The Morgan fingerprint density at radius 1 is 1.60 bits per heavy atom. The van der Waals surface area contributed by atoms with Gasteiger partial charge in [0.05, 0.1) is 17.1 Å². The summed E-state index contributed by atoms with van der Waals surface area (Å²) in [5.74, 6) is -0.0956. The summed E-state index contributed by atoms with van der Waals surface area (Å²) < 4.78 is 5.31. The Hall–Kier alpha value is -1.66. The molecule has 0 aliphatic heterocycles. The number of rotatable bonds is 7. The molecule has 1 atom stereocenters. The molecule has 0 aliphatic rings. The average molecular weight is 294 g/mol. The molecule has 0 radical (unpaired) electrons. The molecule has 0 spiro atoms. The van der Waals surface area contributed by atoms with Crippen LogP contribution >= 0.6 is 11.3 Å². The van der Waals surface area contributed by atoms with Crippen LogP contribution < -0.4 is 0 Å². The number of carboxylic acid groups (broad SMARTS) is 1. The first-order chi connectivity index (χ1) is 9.60. The molecular formula is C14H18N2O3S. The molecule has 1 N–H and O–H groups in total. The van der Waals surface area contributed by atoms with E-state index in [4.69, 9.17) is 9.63 Å². The van der Waals surface area contributed by atoms with Gasteiger partial charge in [-0.2, -0.15) is 0 Å². The van der Waals surface area contributed by atoms with E-state index in [1.807, 2.05) is 42.3 Å². The first-order valence-corrected chi connectivity index (χ1v) is 7.43. The molecule has 2 heterocycles. The highest BCUT2D eigenvalue weighted by atomic mass is 32.1. The van der Waals surface area contributed by atoms with E-state index < -0.39 is 5.97 Å². The standard InChI is InChI=1S/C14H18N2O3S/c1-3-10(2)16(9-14(17)18)8-11-7-12(19-15-11)13-5-4-6-20-13/h4-7,10H,3,8-9H2,1-2H3,(H,17,18). The highest BCUT2D eigenvalue weighted by molar-refractivity contribution is 7.13. The molecule has 0 saturated heterocycles. The second kappa shape index (κ2) is 6.67. The lowest BCUT2D eigenvalue weighted by atomic mass is 10.2. The van der Waals surface area contributed by atoms with Gasteiger partial charge in [-0.3, -0.25) is 9.69 Å². The van der Waals surface area contributed by atoms with Crippen LogP contribution in [0.1, 0.15) is 26.0 Å².